The van der Waals surface area contributed by atoms with Crippen molar-refractivity contribution < 1.29 is 39.4 Å². The molecule has 8 heteroatoms. The lowest BCUT2D eigenvalue weighted by Crippen LogP contribution is -2.60. The maximum atomic E-state index is 10.3. The standard InChI is InChI=1S/C23H30O8/c24-11-19-20(25)21(26)22(27)23(31-19)30-18(14-28-12-16-7-3-1-4-8-16)15-29-13-17-9-5-2-6-10-17/h1-10,18-27H,11-15H2/t19-,20-,21+,22-,23-/m1/s1. The summed E-state index contributed by atoms with van der Waals surface area (Å²) < 4.78 is 22.8. The quantitative estimate of drug-likeness (QED) is 0.406. The van der Waals surface area contributed by atoms with E-state index in [0.717, 1.165) is 11.1 Å². The molecule has 4 N–H and O–H groups in total. The van der Waals surface area contributed by atoms with Gasteiger partial charge < -0.3 is 39.4 Å². The molecule has 3 rings (SSSR count). The van der Waals surface area contributed by atoms with Crippen LogP contribution in [0.4, 0.5) is 0 Å². The first-order chi connectivity index (χ1) is 15.1. The Morgan fingerprint density at radius 3 is 1.74 bits per heavy atom. The molecule has 0 spiro atoms. The Bertz CT molecular complexity index is 696. The second-order valence-corrected chi connectivity index (χ2v) is 7.46. The normalized spacial score (nSPS) is 26.3. The van der Waals surface area contributed by atoms with Gasteiger partial charge in [0.15, 0.2) is 6.29 Å². The molecule has 1 aliphatic heterocycles. The van der Waals surface area contributed by atoms with Crippen LogP contribution in [0.1, 0.15) is 11.1 Å². The third-order valence-corrected chi connectivity index (χ3v) is 5.01. The highest BCUT2D eigenvalue weighted by Gasteiger charge is 2.44. The predicted molar refractivity (Wildman–Crippen MR) is 111 cm³/mol. The summed E-state index contributed by atoms with van der Waals surface area (Å²) in [5, 5.41) is 39.6. The molecule has 0 saturated carbocycles. The minimum atomic E-state index is -1.51. The van der Waals surface area contributed by atoms with Crippen LogP contribution in [0.3, 0.4) is 0 Å². The lowest BCUT2D eigenvalue weighted by molar-refractivity contribution is -0.316. The number of rotatable bonds is 11. The molecule has 8 nitrogen and oxygen atoms in total. The molecule has 0 unspecified atom stereocenters. The number of benzene rings is 2. The van der Waals surface area contributed by atoms with E-state index in [1.807, 2.05) is 60.7 Å². The average Bonchev–Trinajstić information content (AvgIpc) is 2.80. The van der Waals surface area contributed by atoms with Gasteiger partial charge in [0, 0.05) is 0 Å². The number of ether oxygens (including phenoxy) is 4. The summed E-state index contributed by atoms with van der Waals surface area (Å²) in [6.45, 7) is 0.518. The van der Waals surface area contributed by atoms with Crippen molar-refractivity contribution in [2.45, 2.75) is 50.0 Å². The molecular weight excluding hydrogens is 404 g/mol. The highest BCUT2D eigenvalue weighted by atomic mass is 16.7. The monoisotopic (exact) mass is 434 g/mol. The van der Waals surface area contributed by atoms with Gasteiger partial charge in [0.25, 0.3) is 0 Å². The van der Waals surface area contributed by atoms with Crippen molar-refractivity contribution in [1.82, 2.24) is 0 Å². The number of hydrogen-bond acceptors (Lipinski definition) is 8. The Kier molecular flexibility index (Phi) is 9.38. The van der Waals surface area contributed by atoms with E-state index in [-0.39, 0.29) is 13.2 Å². The second-order valence-electron chi connectivity index (χ2n) is 7.46. The SMILES string of the molecule is OC[C@H]1O[C@@H](OC(COCc2ccccc2)COCc2ccccc2)[C@H](O)[C@@H](O)[C@@H]1O. The summed E-state index contributed by atoms with van der Waals surface area (Å²) in [6.07, 6.45) is -7.34. The van der Waals surface area contributed by atoms with Gasteiger partial charge in [0.05, 0.1) is 33.0 Å². The third kappa shape index (κ3) is 7.06. The summed E-state index contributed by atoms with van der Waals surface area (Å²) in [5.41, 5.74) is 2.00. The van der Waals surface area contributed by atoms with E-state index in [1.54, 1.807) is 0 Å². The summed E-state index contributed by atoms with van der Waals surface area (Å²) in [5.74, 6) is 0. The van der Waals surface area contributed by atoms with E-state index >= 15 is 0 Å². The van der Waals surface area contributed by atoms with Crippen LogP contribution in [-0.4, -0.2) is 77.1 Å². The van der Waals surface area contributed by atoms with Crippen molar-refractivity contribution in [2.24, 2.45) is 0 Å². The van der Waals surface area contributed by atoms with E-state index in [9.17, 15) is 20.4 Å². The van der Waals surface area contributed by atoms with Gasteiger partial charge in [-0.2, -0.15) is 0 Å². The van der Waals surface area contributed by atoms with Crippen LogP contribution in [0, 0.1) is 0 Å². The van der Waals surface area contributed by atoms with Gasteiger partial charge in [-0.1, -0.05) is 60.7 Å². The fraction of sp³-hybridized carbons (Fsp3) is 0.478. The minimum absolute atomic E-state index is 0.151. The zero-order valence-electron chi connectivity index (χ0n) is 17.2. The van der Waals surface area contributed by atoms with Crippen molar-refractivity contribution in [2.75, 3.05) is 19.8 Å². The first-order valence-electron chi connectivity index (χ1n) is 10.3. The van der Waals surface area contributed by atoms with E-state index < -0.39 is 43.4 Å². The summed E-state index contributed by atoms with van der Waals surface area (Å²) in [7, 11) is 0. The fourth-order valence-electron chi connectivity index (χ4n) is 3.26. The molecule has 31 heavy (non-hydrogen) atoms. The maximum absolute atomic E-state index is 10.3. The topological polar surface area (TPSA) is 118 Å². The van der Waals surface area contributed by atoms with Gasteiger partial charge in [-0.25, -0.2) is 0 Å². The molecule has 2 aromatic carbocycles. The molecule has 1 heterocycles. The van der Waals surface area contributed by atoms with Gasteiger partial charge in [0.2, 0.25) is 0 Å². The van der Waals surface area contributed by atoms with E-state index in [4.69, 9.17) is 18.9 Å². The molecule has 1 fully saturated rings. The van der Waals surface area contributed by atoms with Crippen LogP contribution < -0.4 is 0 Å². The summed E-state index contributed by atoms with van der Waals surface area (Å²) in [4.78, 5) is 0. The van der Waals surface area contributed by atoms with Gasteiger partial charge in [-0.15, -0.1) is 0 Å². The minimum Gasteiger partial charge on any atom is -0.394 e. The first kappa shape index (κ1) is 23.8. The van der Waals surface area contributed by atoms with Gasteiger partial charge >= 0.3 is 0 Å². The van der Waals surface area contributed by atoms with Crippen molar-refractivity contribution in [3.63, 3.8) is 0 Å². The van der Waals surface area contributed by atoms with Crippen molar-refractivity contribution in [3.8, 4) is 0 Å². The Morgan fingerprint density at radius 2 is 1.26 bits per heavy atom. The Hall–Kier alpha value is -1.88. The Labute approximate surface area is 181 Å². The van der Waals surface area contributed by atoms with Crippen LogP contribution >= 0.6 is 0 Å². The van der Waals surface area contributed by atoms with Crippen LogP contribution in [0.15, 0.2) is 60.7 Å². The molecular formula is C23H30O8. The van der Waals surface area contributed by atoms with Crippen molar-refractivity contribution >= 4 is 0 Å². The van der Waals surface area contributed by atoms with Crippen molar-refractivity contribution in [3.05, 3.63) is 71.8 Å². The average molecular weight is 434 g/mol. The smallest absolute Gasteiger partial charge is 0.187 e. The summed E-state index contributed by atoms with van der Waals surface area (Å²) >= 11 is 0. The van der Waals surface area contributed by atoms with Crippen LogP contribution in [0.25, 0.3) is 0 Å². The van der Waals surface area contributed by atoms with Crippen molar-refractivity contribution in [1.29, 1.82) is 0 Å². The van der Waals surface area contributed by atoms with Crippen LogP contribution in [0.5, 0.6) is 0 Å². The molecule has 0 aromatic heterocycles. The molecule has 0 radical (unpaired) electrons. The van der Waals surface area contributed by atoms with Crippen LogP contribution in [-0.2, 0) is 32.2 Å². The Balaban J connectivity index is 1.58. The predicted octanol–water partition coefficient (Wildman–Crippen LogP) is 0.605. The number of aliphatic hydroxyl groups excluding tert-OH is 4. The van der Waals surface area contributed by atoms with Gasteiger partial charge in [0.1, 0.15) is 30.5 Å². The fourth-order valence-corrected chi connectivity index (χ4v) is 3.26. The molecule has 1 aliphatic rings. The van der Waals surface area contributed by atoms with Gasteiger partial charge in [-0.05, 0) is 11.1 Å². The zero-order chi connectivity index (χ0) is 22.1. The maximum Gasteiger partial charge on any atom is 0.187 e. The zero-order valence-corrected chi connectivity index (χ0v) is 17.2. The molecule has 0 aliphatic carbocycles. The number of aliphatic hydroxyl groups is 4. The summed E-state index contributed by atoms with van der Waals surface area (Å²) in [6, 6.07) is 19.3. The first-order valence-corrected chi connectivity index (χ1v) is 10.3. The highest BCUT2D eigenvalue weighted by molar-refractivity contribution is 5.14. The van der Waals surface area contributed by atoms with E-state index in [1.165, 1.54) is 0 Å². The molecule has 170 valence electrons. The third-order valence-electron chi connectivity index (χ3n) is 5.01. The van der Waals surface area contributed by atoms with E-state index in [0.29, 0.717) is 13.2 Å². The molecule has 1 saturated heterocycles. The van der Waals surface area contributed by atoms with Crippen LogP contribution in [0.2, 0.25) is 0 Å². The molecule has 0 amide bonds. The highest BCUT2D eigenvalue weighted by Crippen LogP contribution is 2.23. The van der Waals surface area contributed by atoms with E-state index in [2.05, 4.69) is 0 Å². The number of hydrogen-bond donors (Lipinski definition) is 4. The Morgan fingerprint density at radius 1 is 0.742 bits per heavy atom. The molecule has 0 bridgehead atoms. The van der Waals surface area contributed by atoms with Gasteiger partial charge in [-0.3, -0.25) is 0 Å². The lowest BCUT2D eigenvalue weighted by Gasteiger charge is -2.40. The molecule has 2 aromatic rings. The molecule has 5 atom stereocenters. The largest absolute Gasteiger partial charge is 0.394 e. The second kappa shape index (κ2) is 12.2. The lowest BCUT2D eigenvalue weighted by atomic mass is 9.99.